The van der Waals surface area contributed by atoms with Crippen molar-refractivity contribution in [3.05, 3.63) is 40.2 Å². The van der Waals surface area contributed by atoms with Crippen LogP contribution in [0.5, 0.6) is 0 Å². The summed E-state index contributed by atoms with van der Waals surface area (Å²) in [5, 5.41) is 0. The van der Waals surface area contributed by atoms with Gasteiger partial charge in [0, 0.05) is 19.8 Å². The van der Waals surface area contributed by atoms with Crippen molar-refractivity contribution in [2.24, 2.45) is 0 Å². The van der Waals surface area contributed by atoms with Crippen LogP contribution in [0.4, 0.5) is 5.69 Å². The molecular formula is C12H13BrN2O4S3. The molecule has 2 rings (SSSR count). The van der Waals surface area contributed by atoms with E-state index in [-0.39, 0.29) is 9.10 Å². The van der Waals surface area contributed by atoms with E-state index in [1.165, 1.54) is 44.4 Å². The smallest absolute Gasteiger partial charge is 0.271 e. The molecule has 120 valence electrons. The van der Waals surface area contributed by atoms with Gasteiger partial charge in [-0.1, -0.05) is 0 Å². The zero-order valence-electron chi connectivity index (χ0n) is 11.6. The molecule has 0 spiro atoms. The number of nitrogens with zero attached hydrogens (tertiary/aromatic N) is 1. The standard InChI is InChI=1S/C12H13BrN2O4S3/c1-15(2)22(18,19)10-5-3-9(4-6-10)14-21(16,17)12-8-7-11(13)20-12/h3-8,14H,1-2H3. The van der Waals surface area contributed by atoms with E-state index in [2.05, 4.69) is 20.7 Å². The number of sulfonamides is 2. The minimum absolute atomic E-state index is 0.0966. The molecule has 0 unspecified atom stereocenters. The van der Waals surface area contributed by atoms with E-state index in [1.807, 2.05) is 0 Å². The lowest BCUT2D eigenvalue weighted by atomic mass is 10.3. The molecule has 0 saturated heterocycles. The minimum Gasteiger partial charge on any atom is -0.279 e. The average molecular weight is 425 g/mol. The molecule has 0 radical (unpaired) electrons. The number of anilines is 1. The molecule has 6 nitrogen and oxygen atoms in total. The van der Waals surface area contributed by atoms with Gasteiger partial charge in [-0.25, -0.2) is 21.1 Å². The summed E-state index contributed by atoms with van der Waals surface area (Å²) in [7, 11) is -4.35. The first-order valence-electron chi connectivity index (χ1n) is 5.94. The van der Waals surface area contributed by atoms with Crippen molar-refractivity contribution in [3.63, 3.8) is 0 Å². The second kappa shape index (κ2) is 6.28. The maximum Gasteiger partial charge on any atom is 0.271 e. The van der Waals surface area contributed by atoms with Gasteiger partial charge >= 0.3 is 0 Å². The van der Waals surface area contributed by atoms with E-state index in [1.54, 1.807) is 6.07 Å². The van der Waals surface area contributed by atoms with Crippen LogP contribution >= 0.6 is 27.3 Å². The highest BCUT2D eigenvalue weighted by atomic mass is 79.9. The fraction of sp³-hybridized carbons (Fsp3) is 0.167. The normalized spacial score (nSPS) is 12.5. The lowest BCUT2D eigenvalue weighted by Gasteiger charge is -2.12. The fourth-order valence-corrected chi connectivity index (χ4v) is 5.52. The van der Waals surface area contributed by atoms with Crippen molar-refractivity contribution in [2.75, 3.05) is 18.8 Å². The van der Waals surface area contributed by atoms with Crippen molar-refractivity contribution in [1.82, 2.24) is 4.31 Å². The van der Waals surface area contributed by atoms with Crippen molar-refractivity contribution in [2.45, 2.75) is 9.10 Å². The molecule has 0 aliphatic rings. The molecule has 0 fully saturated rings. The van der Waals surface area contributed by atoms with Crippen molar-refractivity contribution in [1.29, 1.82) is 0 Å². The van der Waals surface area contributed by atoms with Crippen molar-refractivity contribution >= 4 is 53.0 Å². The molecular weight excluding hydrogens is 412 g/mol. The molecule has 0 aliphatic carbocycles. The highest BCUT2D eigenvalue weighted by molar-refractivity contribution is 9.11. The maximum atomic E-state index is 12.2. The highest BCUT2D eigenvalue weighted by Crippen LogP contribution is 2.28. The summed E-state index contributed by atoms with van der Waals surface area (Å²) in [5.41, 5.74) is 0.294. The Labute approximate surface area is 142 Å². The van der Waals surface area contributed by atoms with E-state index >= 15 is 0 Å². The van der Waals surface area contributed by atoms with Crippen LogP contribution in [-0.4, -0.2) is 35.2 Å². The Morgan fingerprint density at radius 1 is 1.00 bits per heavy atom. The second-order valence-electron chi connectivity index (χ2n) is 4.48. The van der Waals surface area contributed by atoms with Crippen molar-refractivity contribution < 1.29 is 16.8 Å². The molecule has 22 heavy (non-hydrogen) atoms. The Balaban J connectivity index is 2.26. The Morgan fingerprint density at radius 2 is 1.59 bits per heavy atom. The molecule has 10 heteroatoms. The van der Waals surface area contributed by atoms with E-state index in [4.69, 9.17) is 0 Å². The predicted molar refractivity (Wildman–Crippen MR) is 90.1 cm³/mol. The van der Waals surface area contributed by atoms with Gasteiger partial charge in [-0.2, -0.15) is 0 Å². The highest BCUT2D eigenvalue weighted by Gasteiger charge is 2.19. The number of halogens is 1. The minimum atomic E-state index is -3.68. The summed E-state index contributed by atoms with van der Waals surface area (Å²) in [5.74, 6) is 0. The molecule has 0 aliphatic heterocycles. The van der Waals surface area contributed by atoms with Gasteiger partial charge in [-0.3, -0.25) is 4.72 Å². The van der Waals surface area contributed by atoms with Crippen molar-refractivity contribution in [3.8, 4) is 0 Å². The summed E-state index contributed by atoms with van der Waals surface area (Å²) >= 11 is 4.30. The quantitative estimate of drug-likeness (QED) is 0.798. The van der Waals surface area contributed by atoms with Gasteiger partial charge in [0.2, 0.25) is 10.0 Å². The number of benzene rings is 1. The number of rotatable bonds is 5. The topological polar surface area (TPSA) is 83.6 Å². The van der Waals surface area contributed by atoms with Gasteiger partial charge < -0.3 is 0 Å². The van der Waals surface area contributed by atoms with Gasteiger partial charge in [0.1, 0.15) is 4.21 Å². The average Bonchev–Trinajstić information content (AvgIpc) is 2.86. The molecule has 0 amide bonds. The fourth-order valence-electron chi connectivity index (χ4n) is 1.55. The van der Waals surface area contributed by atoms with Crippen LogP contribution in [0.1, 0.15) is 0 Å². The number of nitrogens with one attached hydrogen (secondary N) is 1. The molecule has 1 aromatic heterocycles. The molecule has 0 atom stereocenters. The SMILES string of the molecule is CN(C)S(=O)(=O)c1ccc(NS(=O)(=O)c2ccc(Br)s2)cc1. The van der Waals surface area contributed by atoms with Crippen LogP contribution in [0.25, 0.3) is 0 Å². The second-order valence-corrected chi connectivity index (χ2v) is 11.0. The van der Waals surface area contributed by atoms with Gasteiger partial charge in [0.25, 0.3) is 10.0 Å². The Kier molecular flexibility index (Phi) is 4.97. The summed E-state index contributed by atoms with van der Waals surface area (Å²) < 4.78 is 52.6. The Bertz CT molecular complexity index is 871. The van der Waals surface area contributed by atoms with E-state index in [0.29, 0.717) is 9.47 Å². The van der Waals surface area contributed by atoms with Gasteiger partial charge in [-0.05, 0) is 52.3 Å². The largest absolute Gasteiger partial charge is 0.279 e. The third-order valence-corrected chi connectivity index (χ3v) is 8.02. The zero-order chi connectivity index (χ0) is 16.5. The summed E-state index contributed by atoms with van der Waals surface area (Å²) in [6, 6.07) is 8.68. The molecule has 1 heterocycles. The Morgan fingerprint density at radius 3 is 2.05 bits per heavy atom. The van der Waals surface area contributed by atoms with E-state index < -0.39 is 20.0 Å². The first-order valence-corrected chi connectivity index (χ1v) is 10.5. The molecule has 1 N–H and O–H groups in total. The van der Waals surface area contributed by atoms with E-state index in [9.17, 15) is 16.8 Å². The van der Waals surface area contributed by atoms with E-state index in [0.717, 1.165) is 15.6 Å². The maximum absolute atomic E-state index is 12.2. The van der Waals surface area contributed by atoms with Gasteiger partial charge in [0.05, 0.1) is 8.68 Å². The Hall–Kier alpha value is -0.940. The lowest BCUT2D eigenvalue weighted by molar-refractivity contribution is 0.521. The summed E-state index contributed by atoms with van der Waals surface area (Å²) in [6.45, 7) is 0. The first kappa shape index (κ1) is 17.4. The third kappa shape index (κ3) is 3.69. The molecule has 0 bridgehead atoms. The summed E-state index contributed by atoms with van der Waals surface area (Å²) in [6.07, 6.45) is 0. The number of hydrogen-bond acceptors (Lipinski definition) is 5. The van der Waals surface area contributed by atoms with Crippen LogP contribution in [-0.2, 0) is 20.0 Å². The van der Waals surface area contributed by atoms with Gasteiger partial charge in [0.15, 0.2) is 0 Å². The first-order chi connectivity index (χ1) is 10.1. The van der Waals surface area contributed by atoms with Crippen LogP contribution < -0.4 is 4.72 Å². The van der Waals surface area contributed by atoms with Crippen LogP contribution in [0.3, 0.4) is 0 Å². The number of hydrogen-bond donors (Lipinski definition) is 1. The van der Waals surface area contributed by atoms with Gasteiger partial charge in [-0.15, -0.1) is 11.3 Å². The number of thiophene rings is 1. The molecule has 0 saturated carbocycles. The zero-order valence-corrected chi connectivity index (χ0v) is 15.7. The lowest BCUT2D eigenvalue weighted by Crippen LogP contribution is -2.22. The third-order valence-electron chi connectivity index (χ3n) is 2.70. The summed E-state index contributed by atoms with van der Waals surface area (Å²) in [4.78, 5) is 0.0966. The molecule has 2 aromatic rings. The van der Waals surface area contributed by atoms with Crippen LogP contribution in [0.15, 0.2) is 49.3 Å². The predicted octanol–water partition coefficient (Wildman–Crippen LogP) is 2.56. The van der Waals surface area contributed by atoms with Crippen LogP contribution in [0.2, 0.25) is 0 Å². The molecule has 1 aromatic carbocycles. The van der Waals surface area contributed by atoms with Crippen LogP contribution in [0, 0.1) is 0 Å². The monoisotopic (exact) mass is 424 g/mol.